The van der Waals surface area contributed by atoms with Gasteiger partial charge >= 0.3 is 6.03 Å². The van der Waals surface area contributed by atoms with Gasteiger partial charge in [-0.3, -0.25) is 4.99 Å². The van der Waals surface area contributed by atoms with Gasteiger partial charge < -0.3 is 15.4 Å². The van der Waals surface area contributed by atoms with Crippen LogP contribution in [0.25, 0.3) is 0 Å². The van der Waals surface area contributed by atoms with Crippen molar-refractivity contribution in [1.29, 1.82) is 0 Å². The van der Waals surface area contributed by atoms with Gasteiger partial charge in [0.1, 0.15) is 12.4 Å². The monoisotopic (exact) mass is 278 g/mol. The quantitative estimate of drug-likeness (QED) is 0.619. The maximum absolute atomic E-state index is 13.6. The minimum Gasteiger partial charge on any atom is -0.472 e. The van der Waals surface area contributed by atoms with Crippen LogP contribution in [0.2, 0.25) is 0 Å². The molecule has 0 spiro atoms. The van der Waals surface area contributed by atoms with E-state index in [1.165, 1.54) is 31.4 Å². The summed E-state index contributed by atoms with van der Waals surface area (Å²) >= 11 is 0. The number of ether oxygens (including phenoxy) is 1. The van der Waals surface area contributed by atoms with Crippen molar-refractivity contribution in [2.45, 2.75) is 6.61 Å². The smallest absolute Gasteiger partial charge is 0.318 e. The third-order valence-electron chi connectivity index (χ3n) is 2.26. The average Bonchev–Trinajstić information content (AvgIpc) is 2.46. The summed E-state index contributed by atoms with van der Waals surface area (Å²) in [6.07, 6.45) is 1.26. The second-order valence-corrected chi connectivity index (χ2v) is 3.61. The molecule has 1 aromatic rings. The zero-order valence-corrected chi connectivity index (χ0v) is 11.0. The van der Waals surface area contributed by atoms with Gasteiger partial charge in [-0.15, -0.1) is 0 Å². The SMILES string of the molecule is C=N/C=C(\N=C)OCc1cc(NC(=O)NC)ccc1F. The largest absolute Gasteiger partial charge is 0.472 e. The van der Waals surface area contributed by atoms with E-state index < -0.39 is 11.8 Å². The fraction of sp³-hybridized carbons (Fsp3) is 0.154. The Bertz CT molecular complexity index is 543. The predicted octanol–water partition coefficient (Wildman–Crippen LogP) is 2.29. The van der Waals surface area contributed by atoms with Crippen LogP contribution in [0.15, 0.2) is 40.3 Å². The first kappa shape index (κ1) is 15.4. The van der Waals surface area contributed by atoms with E-state index in [0.29, 0.717) is 5.69 Å². The second kappa shape index (κ2) is 7.67. The van der Waals surface area contributed by atoms with Crippen LogP contribution < -0.4 is 10.6 Å². The number of nitrogens with zero attached hydrogens (tertiary/aromatic N) is 2. The van der Waals surface area contributed by atoms with Gasteiger partial charge in [-0.05, 0) is 31.6 Å². The fourth-order valence-corrected chi connectivity index (χ4v) is 1.31. The number of halogens is 1. The minimum absolute atomic E-state index is 0.0739. The van der Waals surface area contributed by atoms with Crippen molar-refractivity contribution in [2.75, 3.05) is 12.4 Å². The Morgan fingerprint density at radius 2 is 2.25 bits per heavy atom. The van der Waals surface area contributed by atoms with Crippen LogP contribution in [-0.4, -0.2) is 26.5 Å². The molecule has 0 bridgehead atoms. The van der Waals surface area contributed by atoms with Crippen LogP contribution in [0.3, 0.4) is 0 Å². The van der Waals surface area contributed by atoms with Crippen molar-refractivity contribution in [3.05, 3.63) is 41.7 Å². The van der Waals surface area contributed by atoms with Gasteiger partial charge in [0.25, 0.3) is 0 Å². The lowest BCUT2D eigenvalue weighted by Crippen LogP contribution is -2.24. The number of benzene rings is 1. The molecule has 0 aliphatic carbocycles. The first-order valence-electron chi connectivity index (χ1n) is 5.63. The molecule has 7 heteroatoms. The summed E-state index contributed by atoms with van der Waals surface area (Å²) in [5.74, 6) is -0.327. The van der Waals surface area contributed by atoms with Crippen LogP contribution in [0.1, 0.15) is 5.56 Å². The van der Waals surface area contributed by atoms with E-state index >= 15 is 0 Å². The second-order valence-electron chi connectivity index (χ2n) is 3.61. The van der Waals surface area contributed by atoms with Gasteiger partial charge in [0.15, 0.2) is 0 Å². The molecule has 2 N–H and O–H groups in total. The summed E-state index contributed by atoms with van der Waals surface area (Å²) in [5.41, 5.74) is 0.709. The molecule has 1 aromatic carbocycles. The Labute approximate surface area is 116 Å². The molecule has 106 valence electrons. The van der Waals surface area contributed by atoms with E-state index in [1.54, 1.807) is 0 Å². The summed E-state index contributed by atoms with van der Waals surface area (Å²) in [6.45, 7) is 6.47. The molecule has 20 heavy (non-hydrogen) atoms. The number of carbonyl (C=O) groups excluding carboxylic acids is 1. The lowest BCUT2D eigenvalue weighted by atomic mass is 10.2. The van der Waals surface area contributed by atoms with Crippen molar-refractivity contribution in [3.8, 4) is 0 Å². The van der Waals surface area contributed by atoms with Crippen molar-refractivity contribution in [2.24, 2.45) is 9.98 Å². The van der Waals surface area contributed by atoms with Crippen molar-refractivity contribution in [1.82, 2.24) is 5.32 Å². The zero-order valence-electron chi connectivity index (χ0n) is 11.0. The molecule has 0 atom stereocenters. The molecular formula is C13H15FN4O2. The number of hydrogen-bond acceptors (Lipinski definition) is 4. The first-order valence-corrected chi connectivity index (χ1v) is 5.63. The van der Waals surface area contributed by atoms with Crippen LogP contribution in [-0.2, 0) is 11.3 Å². The number of urea groups is 1. The highest BCUT2D eigenvalue weighted by Gasteiger charge is 2.07. The predicted molar refractivity (Wildman–Crippen MR) is 76.4 cm³/mol. The maximum Gasteiger partial charge on any atom is 0.318 e. The van der Waals surface area contributed by atoms with Gasteiger partial charge in [-0.25, -0.2) is 14.2 Å². The highest BCUT2D eigenvalue weighted by atomic mass is 19.1. The minimum atomic E-state index is -0.456. The Kier molecular flexibility index (Phi) is 5.89. The van der Waals surface area contributed by atoms with Gasteiger partial charge in [0, 0.05) is 18.3 Å². The highest BCUT2D eigenvalue weighted by molar-refractivity contribution is 5.89. The normalized spacial score (nSPS) is 10.6. The van der Waals surface area contributed by atoms with Crippen molar-refractivity contribution >= 4 is 25.2 Å². The van der Waals surface area contributed by atoms with Gasteiger partial charge in [0.05, 0.1) is 6.20 Å². The summed E-state index contributed by atoms with van der Waals surface area (Å²) in [5, 5.41) is 4.93. The van der Waals surface area contributed by atoms with Crippen LogP contribution in [0, 0.1) is 5.82 Å². The third-order valence-corrected chi connectivity index (χ3v) is 2.26. The zero-order chi connectivity index (χ0) is 15.0. The van der Waals surface area contributed by atoms with Crippen molar-refractivity contribution in [3.63, 3.8) is 0 Å². The van der Waals surface area contributed by atoms with Crippen LogP contribution in [0.5, 0.6) is 0 Å². The molecule has 1 rings (SSSR count). The molecule has 6 nitrogen and oxygen atoms in total. The first-order chi connectivity index (χ1) is 9.60. The van der Waals surface area contributed by atoms with E-state index in [1.807, 2.05) is 0 Å². The number of nitrogens with one attached hydrogen (secondary N) is 2. The van der Waals surface area contributed by atoms with E-state index in [-0.39, 0.29) is 18.1 Å². The molecule has 0 saturated carbocycles. The van der Waals surface area contributed by atoms with E-state index in [2.05, 4.69) is 34.1 Å². The summed E-state index contributed by atoms with van der Waals surface area (Å²) in [6, 6.07) is 3.75. The molecule has 2 amide bonds. The van der Waals surface area contributed by atoms with E-state index in [4.69, 9.17) is 4.74 Å². The molecule has 0 heterocycles. The average molecular weight is 278 g/mol. The topological polar surface area (TPSA) is 75.1 Å². The number of aliphatic imine (C=N–C) groups is 2. The summed E-state index contributed by atoms with van der Waals surface area (Å²) in [4.78, 5) is 18.2. The highest BCUT2D eigenvalue weighted by Crippen LogP contribution is 2.17. The third kappa shape index (κ3) is 4.52. The molecule has 0 aromatic heterocycles. The van der Waals surface area contributed by atoms with Crippen molar-refractivity contribution < 1.29 is 13.9 Å². The molecule has 0 aliphatic heterocycles. The number of amides is 2. The molecule has 0 saturated heterocycles. The fourth-order valence-electron chi connectivity index (χ4n) is 1.31. The van der Waals surface area contributed by atoms with Gasteiger partial charge in [0.2, 0.25) is 5.88 Å². The number of carbonyl (C=O) groups is 1. The standard InChI is InChI=1S/C13H15FN4O2/c1-15-7-12(16-2)20-8-9-6-10(4-5-11(9)14)18-13(19)17-3/h4-7H,1-2,8H2,3H3,(H2,17,18,19)/b12-7+. The summed E-state index contributed by atoms with van der Waals surface area (Å²) < 4.78 is 18.8. The molecular weight excluding hydrogens is 263 g/mol. The van der Waals surface area contributed by atoms with Gasteiger partial charge in [-0.1, -0.05) is 0 Å². The lowest BCUT2D eigenvalue weighted by Gasteiger charge is -2.09. The van der Waals surface area contributed by atoms with E-state index in [0.717, 1.165) is 0 Å². The number of rotatable bonds is 6. The molecule has 0 radical (unpaired) electrons. The number of hydrogen-bond donors (Lipinski definition) is 2. The molecule has 0 aliphatic rings. The van der Waals surface area contributed by atoms with Crippen LogP contribution >= 0.6 is 0 Å². The number of anilines is 1. The maximum atomic E-state index is 13.6. The van der Waals surface area contributed by atoms with E-state index in [9.17, 15) is 9.18 Å². The van der Waals surface area contributed by atoms with Gasteiger partial charge in [-0.2, -0.15) is 0 Å². The molecule has 0 unspecified atom stereocenters. The van der Waals surface area contributed by atoms with Crippen LogP contribution in [0.4, 0.5) is 14.9 Å². The Balaban J connectivity index is 2.81. The lowest BCUT2D eigenvalue weighted by molar-refractivity contribution is 0.193. The molecule has 0 fully saturated rings. The Morgan fingerprint density at radius 3 is 2.85 bits per heavy atom. The Morgan fingerprint density at radius 1 is 1.50 bits per heavy atom. The summed E-state index contributed by atoms with van der Waals surface area (Å²) in [7, 11) is 1.48. The Hall–Kier alpha value is -2.70.